The lowest BCUT2D eigenvalue weighted by Gasteiger charge is -2.34. The Morgan fingerprint density at radius 2 is 1.50 bits per heavy atom. The lowest BCUT2D eigenvalue weighted by Crippen LogP contribution is -2.31. The van der Waals surface area contributed by atoms with Gasteiger partial charge >= 0.3 is 5.97 Å². The van der Waals surface area contributed by atoms with Crippen molar-refractivity contribution < 1.29 is 28.5 Å². The van der Waals surface area contributed by atoms with E-state index in [0.29, 0.717) is 29.6 Å². The Morgan fingerprint density at radius 1 is 0.857 bits per heavy atom. The van der Waals surface area contributed by atoms with E-state index in [0.717, 1.165) is 23.1 Å². The second-order valence-corrected chi connectivity index (χ2v) is 7.12. The summed E-state index contributed by atoms with van der Waals surface area (Å²) in [5.74, 6) is 2.23. The average Bonchev–Trinajstić information content (AvgIpc) is 3.10. The summed E-state index contributed by atoms with van der Waals surface area (Å²) in [5.41, 5.74) is 3.20. The van der Waals surface area contributed by atoms with E-state index in [1.54, 1.807) is 28.4 Å². The van der Waals surface area contributed by atoms with Crippen LogP contribution in [0.15, 0.2) is 30.3 Å². The molecular formula is C22H24O6. The molecule has 1 heterocycles. The number of methoxy groups -OCH3 is 4. The Balaban J connectivity index is 1.90. The van der Waals surface area contributed by atoms with E-state index >= 15 is 0 Å². The molecule has 0 amide bonds. The van der Waals surface area contributed by atoms with Crippen molar-refractivity contribution in [2.45, 2.75) is 12.3 Å². The van der Waals surface area contributed by atoms with Crippen LogP contribution in [-0.4, -0.2) is 41.0 Å². The molecule has 1 aliphatic heterocycles. The van der Waals surface area contributed by atoms with Gasteiger partial charge in [-0.05, 0) is 47.4 Å². The van der Waals surface area contributed by atoms with Gasteiger partial charge in [-0.1, -0.05) is 6.07 Å². The van der Waals surface area contributed by atoms with Gasteiger partial charge in [0.25, 0.3) is 0 Å². The van der Waals surface area contributed by atoms with E-state index in [1.807, 2.05) is 30.3 Å². The zero-order valence-corrected chi connectivity index (χ0v) is 16.5. The second-order valence-electron chi connectivity index (χ2n) is 7.12. The van der Waals surface area contributed by atoms with E-state index in [-0.39, 0.29) is 23.7 Å². The number of benzene rings is 2. The number of rotatable bonds is 5. The Morgan fingerprint density at radius 3 is 2.18 bits per heavy atom. The lowest BCUT2D eigenvalue weighted by atomic mass is 9.67. The van der Waals surface area contributed by atoms with Gasteiger partial charge in [-0.25, -0.2) is 0 Å². The van der Waals surface area contributed by atoms with Crippen LogP contribution in [0.4, 0.5) is 0 Å². The highest BCUT2D eigenvalue weighted by Gasteiger charge is 2.47. The van der Waals surface area contributed by atoms with Crippen LogP contribution in [0.2, 0.25) is 0 Å². The molecule has 1 aliphatic carbocycles. The third-order valence-electron chi connectivity index (χ3n) is 5.81. The molecule has 1 fully saturated rings. The summed E-state index contributed by atoms with van der Waals surface area (Å²) >= 11 is 0. The molecular weight excluding hydrogens is 360 g/mol. The molecule has 0 saturated carbocycles. The molecule has 1 saturated heterocycles. The molecule has 0 radical (unpaired) electrons. The van der Waals surface area contributed by atoms with Crippen molar-refractivity contribution in [2.24, 2.45) is 11.8 Å². The van der Waals surface area contributed by atoms with Crippen molar-refractivity contribution >= 4 is 5.97 Å². The maximum Gasteiger partial charge on any atom is 0.310 e. The molecule has 1 unspecified atom stereocenters. The Labute approximate surface area is 164 Å². The van der Waals surface area contributed by atoms with Crippen molar-refractivity contribution in [1.29, 1.82) is 0 Å². The molecule has 0 N–H and O–H groups in total. The molecule has 3 atom stereocenters. The van der Waals surface area contributed by atoms with E-state index in [9.17, 15) is 4.79 Å². The van der Waals surface area contributed by atoms with Gasteiger partial charge in [0.1, 0.15) is 0 Å². The average molecular weight is 384 g/mol. The highest BCUT2D eigenvalue weighted by atomic mass is 16.5. The van der Waals surface area contributed by atoms with Crippen LogP contribution in [0.5, 0.6) is 23.0 Å². The van der Waals surface area contributed by atoms with Crippen molar-refractivity contribution in [3.05, 3.63) is 47.0 Å². The van der Waals surface area contributed by atoms with E-state index < -0.39 is 0 Å². The molecule has 148 valence electrons. The maximum absolute atomic E-state index is 12.6. The zero-order chi connectivity index (χ0) is 19.8. The largest absolute Gasteiger partial charge is 0.493 e. The monoisotopic (exact) mass is 384 g/mol. The summed E-state index contributed by atoms with van der Waals surface area (Å²) in [7, 11) is 6.46. The van der Waals surface area contributed by atoms with Gasteiger partial charge in [0.05, 0.1) is 41.0 Å². The number of hydrogen-bond donors (Lipinski definition) is 0. The summed E-state index contributed by atoms with van der Waals surface area (Å²) in [6, 6.07) is 9.80. The zero-order valence-electron chi connectivity index (χ0n) is 16.5. The second kappa shape index (κ2) is 7.26. The SMILES string of the molecule is COc1ccc(C2c3cc(OC)c(OC)cc3C[C@H]3COC(=O)[C@H]23)cc1OC. The highest BCUT2D eigenvalue weighted by Crippen LogP contribution is 2.50. The van der Waals surface area contributed by atoms with Crippen molar-refractivity contribution in [3.8, 4) is 23.0 Å². The van der Waals surface area contributed by atoms with Crippen LogP contribution in [0.3, 0.4) is 0 Å². The minimum atomic E-state index is -0.233. The number of esters is 1. The van der Waals surface area contributed by atoms with E-state index in [1.165, 1.54) is 0 Å². The Bertz CT molecular complexity index is 906. The first-order valence-corrected chi connectivity index (χ1v) is 9.24. The minimum absolute atomic E-state index is 0.135. The van der Waals surface area contributed by atoms with Gasteiger partial charge in [0, 0.05) is 11.8 Å². The van der Waals surface area contributed by atoms with Crippen LogP contribution in [0, 0.1) is 11.8 Å². The fourth-order valence-corrected chi connectivity index (χ4v) is 4.49. The van der Waals surface area contributed by atoms with Crippen LogP contribution in [0.25, 0.3) is 0 Å². The van der Waals surface area contributed by atoms with Crippen LogP contribution in [-0.2, 0) is 16.0 Å². The third kappa shape index (κ3) is 2.84. The van der Waals surface area contributed by atoms with Gasteiger partial charge < -0.3 is 23.7 Å². The normalized spacial score (nSPS) is 22.7. The predicted octanol–water partition coefficient (Wildman–Crippen LogP) is 3.20. The number of cyclic esters (lactones) is 1. The molecule has 2 aromatic carbocycles. The Hall–Kier alpha value is -2.89. The molecule has 6 heteroatoms. The summed E-state index contributed by atoms with van der Waals surface area (Å²) in [6.07, 6.45) is 0.774. The molecule has 0 aromatic heterocycles. The highest BCUT2D eigenvalue weighted by molar-refractivity contribution is 5.78. The quantitative estimate of drug-likeness (QED) is 0.738. The first-order chi connectivity index (χ1) is 13.6. The fourth-order valence-electron chi connectivity index (χ4n) is 4.49. The standard InChI is InChI=1S/C22H24O6/c1-24-16-6-5-12(8-17(16)25-2)20-15-10-19(27-4)18(26-3)9-13(15)7-14-11-28-22(23)21(14)20/h5-6,8-10,14,20-21H,7,11H2,1-4H3/t14-,20?,21-/m0/s1. The first kappa shape index (κ1) is 18.5. The van der Waals surface area contributed by atoms with Crippen molar-refractivity contribution in [3.63, 3.8) is 0 Å². The molecule has 28 heavy (non-hydrogen) atoms. The number of fused-ring (bicyclic) bond motifs is 2. The summed E-state index contributed by atoms with van der Waals surface area (Å²) in [5, 5.41) is 0. The van der Waals surface area contributed by atoms with Gasteiger partial charge in [-0.3, -0.25) is 4.79 Å². The topological polar surface area (TPSA) is 63.2 Å². The van der Waals surface area contributed by atoms with Gasteiger partial charge in [-0.15, -0.1) is 0 Å². The first-order valence-electron chi connectivity index (χ1n) is 9.24. The summed E-state index contributed by atoms with van der Waals surface area (Å²) in [6.45, 7) is 0.446. The fraction of sp³-hybridized carbons (Fsp3) is 0.409. The summed E-state index contributed by atoms with van der Waals surface area (Å²) < 4.78 is 27.3. The lowest BCUT2D eigenvalue weighted by molar-refractivity contribution is -0.141. The van der Waals surface area contributed by atoms with Gasteiger partial charge in [0.2, 0.25) is 0 Å². The molecule has 6 nitrogen and oxygen atoms in total. The number of carbonyl (C=O) groups is 1. The maximum atomic E-state index is 12.6. The number of hydrogen-bond acceptors (Lipinski definition) is 6. The van der Waals surface area contributed by atoms with Crippen molar-refractivity contribution in [1.82, 2.24) is 0 Å². The van der Waals surface area contributed by atoms with Gasteiger partial charge in [-0.2, -0.15) is 0 Å². The third-order valence-corrected chi connectivity index (χ3v) is 5.81. The predicted molar refractivity (Wildman–Crippen MR) is 103 cm³/mol. The molecule has 0 bridgehead atoms. The van der Waals surface area contributed by atoms with E-state index in [2.05, 4.69) is 0 Å². The molecule has 2 aromatic rings. The number of ether oxygens (including phenoxy) is 5. The van der Waals surface area contributed by atoms with E-state index in [4.69, 9.17) is 23.7 Å². The van der Waals surface area contributed by atoms with Crippen LogP contribution >= 0.6 is 0 Å². The number of carbonyl (C=O) groups excluding carboxylic acids is 1. The molecule has 2 aliphatic rings. The minimum Gasteiger partial charge on any atom is -0.493 e. The smallest absolute Gasteiger partial charge is 0.310 e. The Kier molecular flexibility index (Phi) is 4.79. The van der Waals surface area contributed by atoms with Crippen LogP contribution < -0.4 is 18.9 Å². The summed E-state index contributed by atoms with van der Waals surface area (Å²) in [4.78, 5) is 12.6. The molecule has 0 spiro atoms. The molecule has 4 rings (SSSR count). The van der Waals surface area contributed by atoms with Crippen LogP contribution in [0.1, 0.15) is 22.6 Å². The van der Waals surface area contributed by atoms with Gasteiger partial charge in [0.15, 0.2) is 23.0 Å². The van der Waals surface area contributed by atoms with Crippen molar-refractivity contribution in [2.75, 3.05) is 35.0 Å².